The van der Waals surface area contributed by atoms with Crippen LogP contribution in [0.1, 0.15) is 11.1 Å². The molecule has 0 fully saturated rings. The van der Waals surface area contributed by atoms with Gasteiger partial charge in [-0.15, -0.1) is 10.2 Å². The molecule has 9 heteroatoms. The van der Waals surface area contributed by atoms with Crippen LogP contribution in [0.5, 0.6) is 0 Å². The third-order valence-corrected chi connectivity index (χ3v) is 5.21. The smallest absolute Gasteiger partial charge is 0.325 e. The lowest BCUT2D eigenvalue weighted by atomic mass is 10.1. The first-order valence-corrected chi connectivity index (χ1v) is 8.93. The van der Waals surface area contributed by atoms with E-state index >= 15 is 0 Å². The second kappa shape index (κ2) is 8.65. The number of carbonyl (C=O) groups excluding carboxylic acids is 2. The van der Waals surface area contributed by atoms with E-state index in [0.717, 1.165) is 11.3 Å². The van der Waals surface area contributed by atoms with Crippen LogP contribution in [0.4, 0.5) is 10.8 Å². The molecule has 7 nitrogen and oxygen atoms in total. The SMILES string of the molecule is COC(=O)CNC(=O)CSc1nnc(Nc2cccc(C)c2C)s1. The van der Waals surface area contributed by atoms with Crippen molar-refractivity contribution in [2.75, 3.05) is 24.7 Å². The highest BCUT2D eigenvalue weighted by atomic mass is 32.2. The summed E-state index contributed by atoms with van der Waals surface area (Å²) in [5.41, 5.74) is 3.34. The second-order valence-corrected chi connectivity index (χ2v) is 7.09. The molecule has 0 bridgehead atoms. The predicted molar refractivity (Wildman–Crippen MR) is 94.9 cm³/mol. The summed E-state index contributed by atoms with van der Waals surface area (Å²) >= 11 is 2.64. The zero-order valence-electron chi connectivity index (χ0n) is 13.6. The number of hydrogen-bond acceptors (Lipinski definition) is 8. The Kier molecular flexibility index (Phi) is 6.56. The Morgan fingerprint density at radius 1 is 1.29 bits per heavy atom. The predicted octanol–water partition coefficient (Wildman–Crippen LogP) is 2.28. The van der Waals surface area contributed by atoms with Gasteiger partial charge in [0.15, 0.2) is 4.34 Å². The van der Waals surface area contributed by atoms with Gasteiger partial charge in [0.25, 0.3) is 0 Å². The molecule has 0 radical (unpaired) electrons. The van der Waals surface area contributed by atoms with E-state index in [4.69, 9.17) is 0 Å². The summed E-state index contributed by atoms with van der Waals surface area (Å²) in [6.07, 6.45) is 0. The van der Waals surface area contributed by atoms with Crippen LogP contribution >= 0.6 is 23.1 Å². The van der Waals surface area contributed by atoms with Crippen LogP contribution in [0.25, 0.3) is 0 Å². The Morgan fingerprint density at radius 2 is 2.08 bits per heavy atom. The van der Waals surface area contributed by atoms with Gasteiger partial charge < -0.3 is 15.4 Å². The summed E-state index contributed by atoms with van der Waals surface area (Å²) in [7, 11) is 1.27. The summed E-state index contributed by atoms with van der Waals surface area (Å²) in [6, 6.07) is 6.01. The summed E-state index contributed by atoms with van der Waals surface area (Å²) in [4.78, 5) is 22.6. The van der Waals surface area contributed by atoms with E-state index in [1.165, 1.54) is 35.8 Å². The van der Waals surface area contributed by atoms with Crippen molar-refractivity contribution in [3.63, 3.8) is 0 Å². The van der Waals surface area contributed by atoms with Crippen molar-refractivity contribution in [2.45, 2.75) is 18.2 Å². The molecule has 2 rings (SSSR count). The van der Waals surface area contributed by atoms with Crippen molar-refractivity contribution >= 4 is 45.8 Å². The first-order valence-electron chi connectivity index (χ1n) is 7.12. The quantitative estimate of drug-likeness (QED) is 0.573. The van der Waals surface area contributed by atoms with E-state index in [1.807, 2.05) is 19.1 Å². The molecule has 2 aromatic rings. The second-order valence-electron chi connectivity index (χ2n) is 4.89. The molecule has 0 atom stereocenters. The molecular formula is C15H18N4O3S2. The minimum absolute atomic E-state index is 0.133. The summed E-state index contributed by atoms with van der Waals surface area (Å²) in [5.74, 6) is -0.580. The Labute approximate surface area is 148 Å². The number of aromatic nitrogens is 2. The number of esters is 1. The van der Waals surface area contributed by atoms with Gasteiger partial charge in [-0.2, -0.15) is 0 Å². The molecular weight excluding hydrogens is 348 g/mol. The van der Waals surface area contributed by atoms with E-state index in [1.54, 1.807) is 0 Å². The van der Waals surface area contributed by atoms with Crippen LogP contribution < -0.4 is 10.6 Å². The number of hydrogen-bond donors (Lipinski definition) is 2. The van der Waals surface area contributed by atoms with Crippen molar-refractivity contribution in [2.24, 2.45) is 0 Å². The van der Waals surface area contributed by atoms with Crippen molar-refractivity contribution in [3.05, 3.63) is 29.3 Å². The number of thioether (sulfide) groups is 1. The summed E-state index contributed by atoms with van der Waals surface area (Å²) < 4.78 is 5.13. The molecule has 1 aromatic heterocycles. The fourth-order valence-electron chi connectivity index (χ4n) is 1.74. The van der Waals surface area contributed by atoms with Gasteiger partial charge in [0.05, 0.1) is 12.9 Å². The number of anilines is 2. The summed E-state index contributed by atoms with van der Waals surface area (Å²) in [5, 5.41) is 14.5. The fourth-order valence-corrected chi connectivity index (χ4v) is 3.34. The largest absolute Gasteiger partial charge is 0.468 e. The average molecular weight is 366 g/mol. The number of benzene rings is 1. The van der Waals surface area contributed by atoms with Crippen LogP contribution in [0, 0.1) is 13.8 Å². The number of ether oxygens (including phenoxy) is 1. The number of amides is 1. The Balaban J connectivity index is 1.86. The molecule has 24 heavy (non-hydrogen) atoms. The molecule has 0 aliphatic carbocycles. The lowest BCUT2D eigenvalue weighted by molar-refractivity contribution is -0.140. The van der Waals surface area contributed by atoms with Crippen molar-refractivity contribution in [1.29, 1.82) is 0 Å². The van der Waals surface area contributed by atoms with Gasteiger partial charge in [-0.25, -0.2) is 0 Å². The number of aryl methyl sites for hydroxylation is 1. The van der Waals surface area contributed by atoms with Gasteiger partial charge in [0.2, 0.25) is 11.0 Å². The van der Waals surface area contributed by atoms with Gasteiger partial charge in [0.1, 0.15) is 6.54 Å². The molecule has 0 saturated carbocycles. The minimum atomic E-state index is -0.482. The number of carbonyl (C=O) groups is 2. The zero-order chi connectivity index (χ0) is 17.5. The van der Waals surface area contributed by atoms with E-state index in [0.29, 0.717) is 9.47 Å². The lowest BCUT2D eigenvalue weighted by Crippen LogP contribution is -2.31. The summed E-state index contributed by atoms with van der Waals surface area (Å²) in [6.45, 7) is 3.96. The molecule has 0 aliphatic rings. The van der Waals surface area contributed by atoms with Crippen LogP contribution in [-0.4, -0.2) is 41.5 Å². The Morgan fingerprint density at radius 3 is 2.83 bits per heavy atom. The molecule has 1 heterocycles. The van der Waals surface area contributed by atoms with Gasteiger partial charge in [0, 0.05) is 5.69 Å². The maximum absolute atomic E-state index is 11.6. The van der Waals surface area contributed by atoms with Crippen molar-refractivity contribution < 1.29 is 14.3 Å². The van der Waals surface area contributed by atoms with Crippen LogP contribution in [0.3, 0.4) is 0 Å². The van der Waals surface area contributed by atoms with Gasteiger partial charge in [-0.1, -0.05) is 35.2 Å². The lowest BCUT2D eigenvalue weighted by Gasteiger charge is -2.08. The Hall–Kier alpha value is -2.13. The molecule has 1 aromatic carbocycles. The van der Waals surface area contributed by atoms with Crippen molar-refractivity contribution in [1.82, 2.24) is 15.5 Å². The Bertz CT molecular complexity index is 733. The maximum atomic E-state index is 11.6. The standard InChI is InChI=1S/C15H18N4O3S2/c1-9-5-4-6-11(10(9)2)17-14-18-19-15(24-14)23-8-12(20)16-7-13(21)22-3/h4-6H,7-8H2,1-3H3,(H,16,20)(H,17,18). The normalized spacial score (nSPS) is 10.3. The van der Waals surface area contributed by atoms with E-state index in [9.17, 15) is 9.59 Å². The third kappa shape index (κ3) is 5.20. The molecule has 2 N–H and O–H groups in total. The number of nitrogens with one attached hydrogen (secondary N) is 2. The topological polar surface area (TPSA) is 93.2 Å². The fraction of sp³-hybridized carbons (Fsp3) is 0.333. The minimum Gasteiger partial charge on any atom is -0.468 e. The first kappa shape index (κ1) is 18.2. The molecule has 0 unspecified atom stereocenters. The molecule has 0 aliphatic heterocycles. The zero-order valence-corrected chi connectivity index (χ0v) is 15.2. The van der Waals surface area contributed by atoms with E-state index in [-0.39, 0.29) is 18.2 Å². The highest BCUT2D eigenvalue weighted by Crippen LogP contribution is 2.29. The highest BCUT2D eigenvalue weighted by Gasteiger charge is 2.10. The number of rotatable bonds is 7. The monoisotopic (exact) mass is 366 g/mol. The van der Waals surface area contributed by atoms with Gasteiger partial charge in [-0.05, 0) is 31.0 Å². The molecule has 0 saturated heterocycles. The molecule has 0 spiro atoms. The maximum Gasteiger partial charge on any atom is 0.325 e. The number of nitrogens with zero attached hydrogens (tertiary/aromatic N) is 2. The van der Waals surface area contributed by atoms with E-state index in [2.05, 4.69) is 38.6 Å². The van der Waals surface area contributed by atoms with Crippen LogP contribution in [0.2, 0.25) is 0 Å². The molecule has 1 amide bonds. The highest BCUT2D eigenvalue weighted by molar-refractivity contribution is 8.01. The van der Waals surface area contributed by atoms with Crippen LogP contribution in [-0.2, 0) is 14.3 Å². The average Bonchev–Trinajstić information content (AvgIpc) is 3.02. The first-order chi connectivity index (χ1) is 11.5. The van der Waals surface area contributed by atoms with Crippen LogP contribution in [0.15, 0.2) is 22.5 Å². The number of methoxy groups -OCH3 is 1. The van der Waals surface area contributed by atoms with Crippen molar-refractivity contribution in [3.8, 4) is 0 Å². The van der Waals surface area contributed by atoms with E-state index < -0.39 is 5.97 Å². The van der Waals surface area contributed by atoms with Gasteiger partial charge in [-0.3, -0.25) is 9.59 Å². The molecule has 128 valence electrons. The third-order valence-electron chi connectivity index (χ3n) is 3.24. The van der Waals surface area contributed by atoms with Gasteiger partial charge >= 0.3 is 5.97 Å².